The normalized spacial score (nSPS) is 13.1. The molecule has 0 unspecified atom stereocenters. The van der Waals surface area contributed by atoms with Gasteiger partial charge in [-0.1, -0.05) is 85.3 Å². The van der Waals surface area contributed by atoms with Crippen molar-refractivity contribution < 1.29 is 4.79 Å². The van der Waals surface area contributed by atoms with Crippen LogP contribution >= 0.6 is 11.6 Å². The van der Waals surface area contributed by atoms with Crippen molar-refractivity contribution in [3.05, 3.63) is 106 Å². The summed E-state index contributed by atoms with van der Waals surface area (Å²) in [6.45, 7) is 4.16. The van der Waals surface area contributed by atoms with Crippen molar-refractivity contribution in [2.75, 3.05) is 0 Å². The molecule has 0 saturated heterocycles. The lowest BCUT2D eigenvalue weighted by Gasteiger charge is -2.20. The van der Waals surface area contributed by atoms with E-state index in [0.717, 1.165) is 34.0 Å². The molecule has 1 heterocycles. The standard InChI is InChI=1S/C27H27ClN2O/c1-3-19-12-9-14-22-24(17-29-27(19)22)23(21-13-7-8-15-25(21)28)16-26(31)30-18(2)20-10-5-4-6-11-20/h4-15,17-18,23,29H,3,16H2,1-2H3,(H,30,31)/t18-,23+/m1/s1. The summed E-state index contributed by atoms with van der Waals surface area (Å²) in [5.74, 6) is -0.139. The van der Waals surface area contributed by atoms with Crippen molar-refractivity contribution in [2.24, 2.45) is 0 Å². The predicted molar refractivity (Wildman–Crippen MR) is 129 cm³/mol. The van der Waals surface area contributed by atoms with Crippen molar-refractivity contribution in [3.63, 3.8) is 0 Å². The Bertz CT molecular complexity index is 1180. The Hall–Kier alpha value is -3.04. The fourth-order valence-corrected chi connectivity index (χ4v) is 4.55. The molecule has 4 rings (SSSR count). The molecule has 4 heteroatoms. The number of aromatic nitrogens is 1. The summed E-state index contributed by atoms with van der Waals surface area (Å²) in [7, 11) is 0. The number of para-hydroxylation sites is 1. The Morgan fingerprint density at radius 2 is 1.71 bits per heavy atom. The van der Waals surface area contributed by atoms with Crippen LogP contribution in [0.15, 0.2) is 79.0 Å². The molecule has 4 aromatic rings. The van der Waals surface area contributed by atoms with Crippen molar-refractivity contribution in [1.82, 2.24) is 10.3 Å². The van der Waals surface area contributed by atoms with E-state index in [9.17, 15) is 4.79 Å². The van der Waals surface area contributed by atoms with E-state index in [1.807, 2.05) is 67.7 Å². The molecule has 0 aliphatic carbocycles. The summed E-state index contributed by atoms with van der Waals surface area (Å²) in [5, 5.41) is 4.98. The summed E-state index contributed by atoms with van der Waals surface area (Å²) in [6, 6.07) is 24.1. The van der Waals surface area contributed by atoms with Gasteiger partial charge in [-0.2, -0.15) is 0 Å². The number of halogens is 1. The summed E-state index contributed by atoms with van der Waals surface area (Å²) in [5.41, 5.74) is 5.55. The molecule has 0 saturated carbocycles. The zero-order valence-electron chi connectivity index (χ0n) is 17.9. The van der Waals surface area contributed by atoms with Crippen molar-refractivity contribution >= 4 is 28.4 Å². The molecule has 1 amide bonds. The molecule has 158 valence electrons. The summed E-state index contributed by atoms with van der Waals surface area (Å²) >= 11 is 6.59. The van der Waals surface area contributed by atoms with Crippen LogP contribution in [0.4, 0.5) is 0 Å². The fourth-order valence-electron chi connectivity index (χ4n) is 4.28. The van der Waals surface area contributed by atoms with Crippen molar-refractivity contribution in [2.45, 2.75) is 38.6 Å². The number of benzene rings is 3. The number of H-pyrrole nitrogens is 1. The first-order chi connectivity index (χ1) is 15.1. The number of hydrogen-bond acceptors (Lipinski definition) is 1. The first-order valence-electron chi connectivity index (χ1n) is 10.8. The molecule has 3 nitrogen and oxygen atoms in total. The maximum atomic E-state index is 13.1. The average Bonchev–Trinajstić information content (AvgIpc) is 3.22. The molecule has 0 fully saturated rings. The Labute approximate surface area is 188 Å². The molecule has 2 atom stereocenters. The third-order valence-corrected chi connectivity index (χ3v) is 6.28. The van der Waals surface area contributed by atoms with Gasteiger partial charge in [0, 0.05) is 34.5 Å². The maximum absolute atomic E-state index is 13.1. The summed E-state index contributed by atoms with van der Waals surface area (Å²) < 4.78 is 0. The minimum absolute atomic E-state index is 0.00210. The zero-order chi connectivity index (χ0) is 21.8. The minimum Gasteiger partial charge on any atom is -0.361 e. The van der Waals surface area contributed by atoms with Crippen LogP contribution in [0.1, 0.15) is 54.5 Å². The van der Waals surface area contributed by atoms with Gasteiger partial charge in [0.2, 0.25) is 5.91 Å². The van der Waals surface area contributed by atoms with Crippen molar-refractivity contribution in [3.8, 4) is 0 Å². The van der Waals surface area contributed by atoms with Gasteiger partial charge in [0.05, 0.1) is 6.04 Å². The average molecular weight is 431 g/mol. The number of amides is 1. The second-order valence-corrected chi connectivity index (χ2v) is 8.32. The van der Waals surface area contributed by atoms with Gasteiger partial charge in [-0.05, 0) is 41.7 Å². The summed E-state index contributed by atoms with van der Waals surface area (Å²) in [4.78, 5) is 16.6. The van der Waals surface area contributed by atoms with Crippen LogP contribution in [0.25, 0.3) is 10.9 Å². The van der Waals surface area contributed by atoms with Gasteiger partial charge in [0.25, 0.3) is 0 Å². The number of fused-ring (bicyclic) bond motifs is 1. The maximum Gasteiger partial charge on any atom is 0.221 e. The van der Waals surface area contributed by atoms with E-state index >= 15 is 0 Å². The molecule has 0 aliphatic rings. The van der Waals surface area contributed by atoms with E-state index in [1.54, 1.807) is 0 Å². The zero-order valence-corrected chi connectivity index (χ0v) is 18.6. The molecule has 1 aromatic heterocycles. The number of hydrogen-bond donors (Lipinski definition) is 2. The molecule has 3 aromatic carbocycles. The highest BCUT2D eigenvalue weighted by Crippen LogP contribution is 2.37. The summed E-state index contributed by atoms with van der Waals surface area (Å²) in [6.07, 6.45) is 3.30. The lowest BCUT2D eigenvalue weighted by molar-refractivity contribution is -0.121. The van der Waals surface area contributed by atoms with Gasteiger partial charge in [0.1, 0.15) is 0 Å². The third kappa shape index (κ3) is 4.52. The highest BCUT2D eigenvalue weighted by atomic mass is 35.5. The van der Waals surface area contributed by atoms with Crippen LogP contribution in [0.2, 0.25) is 5.02 Å². The van der Waals surface area contributed by atoms with Crippen molar-refractivity contribution in [1.29, 1.82) is 0 Å². The highest BCUT2D eigenvalue weighted by molar-refractivity contribution is 6.31. The number of carbonyl (C=O) groups is 1. The number of aromatic amines is 1. The molecule has 0 spiro atoms. The van der Waals surface area contributed by atoms with E-state index in [2.05, 4.69) is 35.4 Å². The monoisotopic (exact) mass is 430 g/mol. The van der Waals surface area contributed by atoms with Gasteiger partial charge in [0.15, 0.2) is 0 Å². The van der Waals surface area contributed by atoms with Crippen LogP contribution in [0.5, 0.6) is 0 Å². The molecular formula is C27H27ClN2O. The van der Waals surface area contributed by atoms with E-state index in [-0.39, 0.29) is 17.9 Å². The smallest absolute Gasteiger partial charge is 0.221 e. The first kappa shape index (κ1) is 21.2. The van der Waals surface area contributed by atoms with Crippen LogP contribution in [0.3, 0.4) is 0 Å². The lowest BCUT2D eigenvalue weighted by atomic mass is 9.87. The first-order valence-corrected chi connectivity index (χ1v) is 11.1. The van der Waals surface area contributed by atoms with Crippen LogP contribution in [-0.2, 0) is 11.2 Å². The van der Waals surface area contributed by atoms with E-state index < -0.39 is 0 Å². The minimum atomic E-state index is -0.141. The second-order valence-electron chi connectivity index (χ2n) is 7.92. The quantitative estimate of drug-likeness (QED) is 0.333. The molecule has 0 bridgehead atoms. The molecular weight excluding hydrogens is 404 g/mol. The van der Waals surface area contributed by atoms with Gasteiger partial charge >= 0.3 is 0 Å². The Kier molecular flexibility index (Phi) is 6.43. The van der Waals surface area contributed by atoms with E-state index in [4.69, 9.17) is 11.6 Å². The van der Waals surface area contributed by atoms with Gasteiger partial charge < -0.3 is 10.3 Å². The van der Waals surface area contributed by atoms with E-state index in [0.29, 0.717) is 11.4 Å². The number of rotatable bonds is 7. The molecule has 0 radical (unpaired) electrons. The topological polar surface area (TPSA) is 44.9 Å². The van der Waals surface area contributed by atoms with Gasteiger partial charge in [-0.25, -0.2) is 0 Å². The largest absolute Gasteiger partial charge is 0.361 e. The Morgan fingerprint density at radius 1 is 0.968 bits per heavy atom. The Morgan fingerprint density at radius 3 is 2.45 bits per heavy atom. The SMILES string of the molecule is CCc1cccc2c([C@@H](CC(=O)N[C@H](C)c3ccccc3)c3ccccc3Cl)c[nH]c12. The number of nitrogens with one attached hydrogen (secondary N) is 2. The van der Waals surface area contributed by atoms with Crippen LogP contribution in [0, 0.1) is 0 Å². The number of carbonyl (C=O) groups excluding carboxylic acids is 1. The van der Waals surface area contributed by atoms with Gasteiger partial charge in [-0.3, -0.25) is 4.79 Å². The van der Waals surface area contributed by atoms with Crippen LogP contribution < -0.4 is 5.32 Å². The molecule has 31 heavy (non-hydrogen) atoms. The lowest BCUT2D eigenvalue weighted by Crippen LogP contribution is -2.28. The number of aryl methyl sites for hydroxylation is 1. The van der Waals surface area contributed by atoms with Crippen LogP contribution in [-0.4, -0.2) is 10.9 Å². The fraction of sp³-hybridized carbons (Fsp3) is 0.222. The van der Waals surface area contributed by atoms with Gasteiger partial charge in [-0.15, -0.1) is 0 Å². The molecule has 2 N–H and O–H groups in total. The third-order valence-electron chi connectivity index (χ3n) is 5.94. The Balaban J connectivity index is 1.68. The second kappa shape index (κ2) is 9.40. The highest BCUT2D eigenvalue weighted by Gasteiger charge is 2.24. The molecule has 0 aliphatic heterocycles. The predicted octanol–water partition coefficient (Wildman–Crippen LogP) is 6.78. The van der Waals surface area contributed by atoms with E-state index in [1.165, 1.54) is 5.56 Å².